The van der Waals surface area contributed by atoms with E-state index in [-0.39, 0.29) is 6.61 Å². The van der Waals surface area contributed by atoms with Gasteiger partial charge in [0.15, 0.2) is 0 Å². The van der Waals surface area contributed by atoms with Gasteiger partial charge in [-0.15, -0.1) is 0 Å². The molecule has 24 heavy (non-hydrogen) atoms. The molecule has 124 valence electrons. The summed E-state index contributed by atoms with van der Waals surface area (Å²) in [6, 6.07) is 14.9. The van der Waals surface area contributed by atoms with Crippen LogP contribution in [-0.2, 0) is 11.3 Å². The van der Waals surface area contributed by atoms with Crippen LogP contribution in [0.25, 0.3) is 0 Å². The van der Waals surface area contributed by atoms with Gasteiger partial charge in [0.2, 0.25) is 0 Å². The number of carbonyl (C=O) groups excluding carboxylic acids is 1. The second-order valence-electron chi connectivity index (χ2n) is 4.89. The normalized spacial score (nSPS) is 9.58. The van der Waals surface area contributed by atoms with Gasteiger partial charge in [-0.1, -0.05) is 53.8 Å². The van der Waals surface area contributed by atoms with Crippen LogP contribution in [0.2, 0.25) is 5.02 Å². The Labute approximate surface area is 146 Å². The summed E-state index contributed by atoms with van der Waals surface area (Å²) in [6.07, 6.45) is 0.0672. The van der Waals surface area contributed by atoms with Crippen LogP contribution in [0.1, 0.15) is 17.5 Å². The van der Waals surface area contributed by atoms with Gasteiger partial charge < -0.3 is 14.8 Å². The number of amides is 1. The lowest BCUT2D eigenvalue weighted by Crippen LogP contribution is -2.24. The van der Waals surface area contributed by atoms with Gasteiger partial charge in [-0.25, -0.2) is 4.79 Å². The Balaban J connectivity index is 1.69. The van der Waals surface area contributed by atoms with E-state index in [0.29, 0.717) is 23.7 Å². The average molecular weight is 344 g/mol. The molecule has 1 amide bonds. The molecule has 0 radical (unpaired) electrons. The number of hydrogen-bond donors (Lipinski definition) is 1. The lowest BCUT2D eigenvalue weighted by molar-refractivity contribution is 0.140. The summed E-state index contributed by atoms with van der Waals surface area (Å²) in [5.74, 6) is 6.58. The van der Waals surface area contributed by atoms with Gasteiger partial charge in [0.05, 0.1) is 12.1 Å². The highest BCUT2D eigenvalue weighted by molar-refractivity contribution is 6.32. The molecule has 4 nitrogen and oxygen atoms in total. The molecule has 2 aromatic rings. The number of hydrogen-bond acceptors (Lipinski definition) is 3. The number of halogens is 1. The Morgan fingerprint density at radius 1 is 1.21 bits per heavy atom. The maximum absolute atomic E-state index is 11.6. The van der Waals surface area contributed by atoms with Crippen molar-refractivity contribution in [3.05, 3.63) is 64.7 Å². The minimum atomic E-state index is -0.451. The van der Waals surface area contributed by atoms with Crippen molar-refractivity contribution in [2.45, 2.75) is 13.0 Å². The SMILES string of the molecule is COc1ccc(C#CCCNC(=O)OCc2ccccc2)cc1Cl. The first-order valence-corrected chi connectivity index (χ1v) is 7.84. The van der Waals surface area contributed by atoms with Crippen LogP contribution in [0.5, 0.6) is 5.75 Å². The van der Waals surface area contributed by atoms with Gasteiger partial charge in [-0.05, 0) is 23.8 Å². The first-order chi connectivity index (χ1) is 11.7. The number of carbonyl (C=O) groups is 1. The van der Waals surface area contributed by atoms with E-state index in [9.17, 15) is 4.79 Å². The maximum Gasteiger partial charge on any atom is 0.407 e. The zero-order valence-corrected chi connectivity index (χ0v) is 14.1. The number of rotatable bonds is 5. The van der Waals surface area contributed by atoms with Crippen molar-refractivity contribution < 1.29 is 14.3 Å². The Bertz CT molecular complexity index is 735. The minimum Gasteiger partial charge on any atom is -0.495 e. The number of methoxy groups -OCH3 is 1. The van der Waals surface area contributed by atoms with E-state index in [4.69, 9.17) is 21.1 Å². The van der Waals surface area contributed by atoms with Crippen molar-refractivity contribution in [3.8, 4) is 17.6 Å². The molecule has 0 heterocycles. The highest BCUT2D eigenvalue weighted by Crippen LogP contribution is 2.24. The smallest absolute Gasteiger partial charge is 0.407 e. The molecule has 5 heteroatoms. The molecule has 0 aliphatic heterocycles. The lowest BCUT2D eigenvalue weighted by Gasteiger charge is -2.05. The van der Waals surface area contributed by atoms with Crippen LogP contribution in [0.15, 0.2) is 48.5 Å². The molecule has 0 aliphatic rings. The summed E-state index contributed by atoms with van der Waals surface area (Å²) in [5, 5.41) is 3.18. The van der Waals surface area contributed by atoms with Crippen LogP contribution >= 0.6 is 11.6 Å². The summed E-state index contributed by atoms with van der Waals surface area (Å²) in [5.41, 5.74) is 1.75. The summed E-state index contributed by atoms with van der Waals surface area (Å²) in [7, 11) is 1.56. The summed E-state index contributed by atoms with van der Waals surface area (Å²) in [4.78, 5) is 11.6. The van der Waals surface area contributed by atoms with Gasteiger partial charge in [-0.2, -0.15) is 0 Å². The Morgan fingerprint density at radius 2 is 2.00 bits per heavy atom. The van der Waals surface area contributed by atoms with Crippen LogP contribution in [0.3, 0.4) is 0 Å². The fourth-order valence-corrected chi connectivity index (χ4v) is 2.17. The largest absolute Gasteiger partial charge is 0.495 e. The number of alkyl carbamates (subject to hydrolysis) is 1. The van der Waals surface area contributed by atoms with Gasteiger partial charge in [0, 0.05) is 18.5 Å². The van der Waals surface area contributed by atoms with Crippen LogP contribution in [0, 0.1) is 11.8 Å². The molecule has 0 fully saturated rings. The van der Waals surface area contributed by atoms with E-state index in [0.717, 1.165) is 11.1 Å². The van der Waals surface area contributed by atoms with E-state index in [1.165, 1.54) is 0 Å². The molecule has 0 spiro atoms. The van der Waals surface area contributed by atoms with Crippen molar-refractivity contribution in [3.63, 3.8) is 0 Å². The zero-order chi connectivity index (χ0) is 17.2. The van der Waals surface area contributed by atoms with E-state index >= 15 is 0 Å². The lowest BCUT2D eigenvalue weighted by atomic mass is 10.2. The first-order valence-electron chi connectivity index (χ1n) is 7.46. The highest BCUT2D eigenvalue weighted by Gasteiger charge is 2.01. The zero-order valence-electron chi connectivity index (χ0n) is 13.3. The topological polar surface area (TPSA) is 47.6 Å². The molecule has 0 saturated heterocycles. The van der Waals surface area contributed by atoms with Crippen LogP contribution in [0.4, 0.5) is 4.79 Å². The number of nitrogens with one attached hydrogen (secondary N) is 1. The third-order valence-electron chi connectivity index (χ3n) is 3.12. The van der Waals surface area contributed by atoms with Crippen molar-refractivity contribution in [2.75, 3.05) is 13.7 Å². The third-order valence-corrected chi connectivity index (χ3v) is 3.41. The molecule has 0 aromatic heterocycles. The van der Waals surface area contributed by atoms with Crippen LogP contribution < -0.4 is 10.1 Å². The van der Waals surface area contributed by atoms with Gasteiger partial charge in [0.25, 0.3) is 0 Å². The van der Waals surface area contributed by atoms with Crippen molar-refractivity contribution in [2.24, 2.45) is 0 Å². The molecule has 2 rings (SSSR count). The first kappa shape index (κ1) is 17.7. The average Bonchev–Trinajstić information content (AvgIpc) is 2.61. The second kappa shape index (κ2) is 9.49. The molecule has 0 atom stereocenters. The predicted octanol–water partition coefficient (Wildman–Crippen LogP) is 4.02. The van der Waals surface area contributed by atoms with Gasteiger partial charge in [0.1, 0.15) is 12.4 Å². The molecular weight excluding hydrogens is 326 g/mol. The van der Waals surface area contributed by atoms with Gasteiger partial charge in [-0.3, -0.25) is 0 Å². The van der Waals surface area contributed by atoms with Crippen molar-refractivity contribution in [1.29, 1.82) is 0 Å². The molecule has 0 unspecified atom stereocenters. The summed E-state index contributed by atoms with van der Waals surface area (Å²) < 4.78 is 10.2. The fourth-order valence-electron chi connectivity index (χ4n) is 1.91. The summed E-state index contributed by atoms with van der Waals surface area (Å²) in [6.45, 7) is 0.674. The summed E-state index contributed by atoms with van der Waals surface area (Å²) >= 11 is 6.03. The van der Waals surface area contributed by atoms with Crippen molar-refractivity contribution in [1.82, 2.24) is 5.32 Å². The maximum atomic E-state index is 11.6. The number of ether oxygens (including phenoxy) is 2. The molecule has 1 N–H and O–H groups in total. The molecule has 0 aliphatic carbocycles. The number of benzene rings is 2. The quantitative estimate of drug-likeness (QED) is 0.659. The van der Waals surface area contributed by atoms with E-state index in [1.807, 2.05) is 36.4 Å². The van der Waals surface area contributed by atoms with E-state index in [2.05, 4.69) is 17.2 Å². The van der Waals surface area contributed by atoms with Gasteiger partial charge >= 0.3 is 6.09 Å². The fraction of sp³-hybridized carbons (Fsp3) is 0.211. The standard InChI is InChI=1S/C19H18ClNO3/c1-23-18-11-10-15(13-17(18)20)7-5-6-12-21-19(22)24-14-16-8-3-2-4-9-16/h2-4,8-11,13H,6,12,14H2,1H3,(H,21,22). The van der Waals surface area contributed by atoms with E-state index < -0.39 is 6.09 Å². The Hall–Kier alpha value is -2.64. The predicted molar refractivity (Wildman–Crippen MR) is 94.1 cm³/mol. The van der Waals surface area contributed by atoms with Crippen LogP contribution in [-0.4, -0.2) is 19.7 Å². The third kappa shape index (κ3) is 5.86. The molecule has 0 bridgehead atoms. The monoisotopic (exact) mass is 343 g/mol. The second-order valence-corrected chi connectivity index (χ2v) is 5.30. The van der Waals surface area contributed by atoms with Crippen molar-refractivity contribution >= 4 is 17.7 Å². The Kier molecular flexibility index (Phi) is 7.00. The highest BCUT2D eigenvalue weighted by atomic mass is 35.5. The van der Waals surface area contributed by atoms with E-state index in [1.54, 1.807) is 19.2 Å². The Morgan fingerprint density at radius 3 is 2.71 bits per heavy atom. The molecular formula is C19H18ClNO3. The molecule has 2 aromatic carbocycles. The molecule has 0 saturated carbocycles. The minimum absolute atomic E-state index is 0.253.